The number of urea groups is 1. The molecule has 14 heteroatoms. The first kappa shape index (κ1) is 26.7. The first-order valence-electron chi connectivity index (χ1n) is 11.4. The van der Waals surface area contributed by atoms with Crippen molar-refractivity contribution in [2.45, 2.75) is 31.9 Å². The summed E-state index contributed by atoms with van der Waals surface area (Å²) < 4.78 is 66.5. The van der Waals surface area contributed by atoms with Gasteiger partial charge in [0.05, 0.1) is 11.4 Å². The van der Waals surface area contributed by atoms with Crippen LogP contribution in [0.25, 0.3) is 0 Å². The first-order valence-corrected chi connectivity index (χ1v) is 11.4. The zero-order valence-corrected chi connectivity index (χ0v) is 20.0. The van der Waals surface area contributed by atoms with E-state index in [0.29, 0.717) is 29.8 Å². The Morgan fingerprint density at radius 3 is 2.50 bits per heavy atom. The van der Waals surface area contributed by atoms with E-state index in [9.17, 15) is 26.7 Å². The Morgan fingerprint density at radius 1 is 1.16 bits per heavy atom. The lowest BCUT2D eigenvalue weighted by Crippen LogP contribution is -2.41. The number of alkyl halides is 3. The molecule has 3 aromatic rings. The maximum atomic E-state index is 13.9. The van der Waals surface area contributed by atoms with Gasteiger partial charge in [0, 0.05) is 49.1 Å². The third-order valence-electron chi connectivity index (χ3n) is 5.90. The molecule has 2 aromatic heterocycles. The quantitative estimate of drug-likeness (QED) is 0.271. The molecule has 0 radical (unpaired) electrons. The number of benzene rings is 1. The fourth-order valence-electron chi connectivity index (χ4n) is 3.95. The summed E-state index contributed by atoms with van der Waals surface area (Å²) in [6.45, 7) is 2.11. The number of anilines is 2. The van der Waals surface area contributed by atoms with Crippen LogP contribution in [-0.4, -0.2) is 44.7 Å². The minimum atomic E-state index is -4.63. The Bertz CT molecular complexity index is 1340. The summed E-state index contributed by atoms with van der Waals surface area (Å²) in [5.41, 5.74) is 5.46. The van der Waals surface area contributed by atoms with E-state index in [0.717, 1.165) is 24.4 Å². The standard InChI is InChI=1S/C24H22F5N7O2/c1-13(35-38-15-5-8-31-19(11-15)24(27,28)29)16-12-32-22(30)33-20(16)14-6-9-36(10-7-14)23(37)34-21-17(25)3-2-4-18(21)26/h2-5,8,11-12,14H,6-7,9-10H2,1H3,(H,34,37)(H2,30,32,33). The molecule has 2 amide bonds. The van der Waals surface area contributed by atoms with E-state index < -0.39 is 35.2 Å². The highest BCUT2D eigenvalue weighted by Crippen LogP contribution is 2.31. The van der Waals surface area contributed by atoms with Crippen molar-refractivity contribution in [3.8, 4) is 5.75 Å². The normalized spacial score (nSPS) is 14.9. The van der Waals surface area contributed by atoms with Gasteiger partial charge in [0.15, 0.2) is 5.75 Å². The van der Waals surface area contributed by atoms with Crippen molar-refractivity contribution >= 4 is 23.4 Å². The molecular formula is C24H22F5N7O2. The van der Waals surface area contributed by atoms with E-state index >= 15 is 0 Å². The van der Waals surface area contributed by atoms with Crippen molar-refractivity contribution in [3.05, 3.63) is 71.3 Å². The number of piperidine rings is 1. The van der Waals surface area contributed by atoms with Crippen molar-refractivity contribution in [3.63, 3.8) is 0 Å². The van der Waals surface area contributed by atoms with Gasteiger partial charge in [0.25, 0.3) is 0 Å². The maximum absolute atomic E-state index is 13.9. The molecule has 4 rings (SSSR count). The highest BCUT2D eigenvalue weighted by Gasteiger charge is 2.33. The van der Waals surface area contributed by atoms with Crippen LogP contribution in [0.3, 0.4) is 0 Å². The van der Waals surface area contributed by atoms with Crippen molar-refractivity contribution < 1.29 is 31.6 Å². The first-order chi connectivity index (χ1) is 18.0. The van der Waals surface area contributed by atoms with Crippen molar-refractivity contribution in [2.75, 3.05) is 24.1 Å². The molecule has 0 spiro atoms. The Labute approximate surface area is 213 Å². The molecule has 0 unspecified atom stereocenters. The molecule has 38 heavy (non-hydrogen) atoms. The average molecular weight is 535 g/mol. The van der Waals surface area contributed by atoms with Crippen LogP contribution in [0.4, 0.5) is 38.4 Å². The van der Waals surface area contributed by atoms with Gasteiger partial charge in [-0.1, -0.05) is 11.2 Å². The molecule has 0 saturated carbocycles. The molecule has 0 aliphatic carbocycles. The molecule has 1 aliphatic rings. The summed E-state index contributed by atoms with van der Waals surface area (Å²) in [7, 11) is 0. The summed E-state index contributed by atoms with van der Waals surface area (Å²) in [5.74, 6) is -2.08. The van der Waals surface area contributed by atoms with E-state index in [1.54, 1.807) is 6.92 Å². The summed E-state index contributed by atoms with van der Waals surface area (Å²) in [6, 6.07) is 4.61. The fraction of sp³-hybridized carbons (Fsp3) is 0.292. The number of para-hydroxylation sites is 1. The molecule has 1 aliphatic heterocycles. The van der Waals surface area contributed by atoms with Crippen LogP contribution in [0, 0.1) is 11.6 Å². The Kier molecular flexibility index (Phi) is 7.69. The van der Waals surface area contributed by atoms with Crippen LogP contribution < -0.4 is 15.9 Å². The second kappa shape index (κ2) is 10.9. The highest BCUT2D eigenvalue weighted by atomic mass is 19.4. The molecule has 0 bridgehead atoms. The predicted molar refractivity (Wildman–Crippen MR) is 127 cm³/mol. The van der Waals surface area contributed by atoms with Gasteiger partial charge < -0.3 is 20.8 Å². The zero-order chi connectivity index (χ0) is 27.4. The smallest absolute Gasteiger partial charge is 0.368 e. The fourth-order valence-corrected chi connectivity index (χ4v) is 3.95. The number of nitrogens with two attached hydrogens (primary N) is 1. The van der Waals surface area contributed by atoms with Crippen molar-refractivity contribution in [2.24, 2.45) is 5.16 Å². The molecule has 0 atom stereocenters. The number of nitrogens with zero attached hydrogens (tertiary/aromatic N) is 5. The maximum Gasteiger partial charge on any atom is 0.433 e. The van der Waals surface area contributed by atoms with E-state index in [1.807, 2.05) is 0 Å². The number of likely N-dealkylation sites (tertiary alicyclic amines) is 1. The second-order valence-corrected chi connectivity index (χ2v) is 8.46. The molecule has 9 nitrogen and oxygen atoms in total. The summed E-state index contributed by atoms with van der Waals surface area (Å²) in [5, 5.41) is 6.20. The summed E-state index contributed by atoms with van der Waals surface area (Å²) in [4.78, 5) is 30.8. The van der Waals surface area contributed by atoms with Crippen LogP contribution in [0.1, 0.15) is 42.6 Å². The number of aromatic nitrogens is 3. The van der Waals surface area contributed by atoms with Crippen LogP contribution in [0.5, 0.6) is 5.75 Å². The van der Waals surface area contributed by atoms with E-state index in [4.69, 9.17) is 10.6 Å². The number of carbonyl (C=O) groups is 1. The largest absolute Gasteiger partial charge is 0.433 e. The van der Waals surface area contributed by atoms with Crippen LogP contribution in [0.15, 0.2) is 47.9 Å². The lowest BCUT2D eigenvalue weighted by molar-refractivity contribution is -0.141. The van der Waals surface area contributed by atoms with Gasteiger partial charge in [-0.25, -0.2) is 23.5 Å². The van der Waals surface area contributed by atoms with Gasteiger partial charge in [-0.3, -0.25) is 4.98 Å². The number of pyridine rings is 1. The van der Waals surface area contributed by atoms with Crippen molar-refractivity contribution in [1.82, 2.24) is 19.9 Å². The third kappa shape index (κ3) is 6.12. The SMILES string of the molecule is CC(=NOc1ccnc(C(F)(F)F)c1)c1cnc(N)nc1C1CCN(C(=O)Nc2c(F)cccc2F)CC1. The second-order valence-electron chi connectivity index (χ2n) is 8.46. The van der Waals surface area contributed by atoms with Gasteiger partial charge in [-0.2, -0.15) is 13.2 Å². The number of hydrogen-bond acceptors (Lipinski definition) is 7. The number of nitrogens with one attached hydrogen (secondary N) is 1. The number of amides is 2. The minimum Gasteiger partial charge on any atom is -0.368 e. The number of halogens is 5. The van der Waals surface area contributed by atoms with Crippen LogP contribution in [-0.2, 0) is 6.18 Å². The van der Waals surface area contributed by atoms with Crippen LogP contribution >= 0.6 is 0 Å². The molecular weight excluding hydrogens is 513 g/mol. The highest BCUT2D eigenvalue weighted by molar-refractivity contribution is 5.99. The molecule has 3 N–H and O–H groups in total. The Morgan fingerprint density at radius 2 is 1.84 bits per heavy atom. The zero-order valence-electron chi connectivity index (χ0n) is 20.0. The molecule has 1 aromatic carbocycles. The molecule has 3 heterocycles. The monoisotopic (exact) mass is 535 g/mol. The third-order valence-corrected chi connectivity index (χ3v) is 5.90. The number of nitrogen functional groups attached to an aromatic ring is 1. The van der Waals surface area contributed by atoms with E-state index in [1.165, 1.54) is 23.2 Å². The van der Waals surface area contributed by atoms with E-state index in [2.05, 4.69) is 25.4 Å². The van der Waals surface area contributed by atoms with Gasteiger partial charge in [-0.05, 0) is 31.9 Å². The number of oxime groups is 1. The predicted octanol–water partition coefficient (Wildman–Crippen LogP) is 4.97. The number of carbonyl (C=O) groups excluding carboxylic acids is 1. The lowest BCUT2D eigenvalue weighted by atomic mass is 9.90. The van der Waals surface area contributed by atoms with Gasteiger partial charge in [0.2, 0.25) is 5.95 Å². The number of hydrogen-bond donors (Lipinski definition) is 2. The Balaban J connectivity index is 1.46. The van der Waals surface area contributed by atoms with Gasteiger partial charge >= 0.3 is 12.2 Å². The lowest BCUT2D eigenvalue weighted by Gasteiger charge is -2.32. The summed E-state index contributed by atoms with van der Waals surface area (Å²) in [6.07, 6.45) is -1.34. The van der Waals surface area contributed by atoms with Crippen molar-refractivity contribution in [1.29, 1.82) is 0 Å². The Hall–Kier alpha value is -4.36. The van der Waals surface area contributed by atoms with E-state index in [-0.39, 0.29) is 30.7 Å². The van der Waals surface area contributed by atoms with Crippen LogP contribution in [0.2, 0.25) is 0 Å². The number of rotatable bonds is 5. The molecule has 1 saturated heterocycles. The average Bonchev–Trinajstić information content (AvgIpc) is 2.89. The van der Waals surface area contributed by atoms with Gasteiger partial charge in [0.1, 0.15) is 23.0 Å². The van der Waals surface area contributed by atoms with Gasteiger partial charge in [-0.15, -0.1) is 0 Å². The summed E-state index contributed by atoms with van der Waals surface area (Å²) >= 11 is 0. The minimum absolute atomic E-state index is 0.0108. The molecule has 1 fully saturated rings. The topological polar surface area (TPSA) is 119 Å². The molecule has 200 valence electrons.